The summed E-state index contributed by atoms with van der Waals surface area (Å²) in [5.41, 5.74) is 3.29. The van der Waals surface area contributed by atoms with Gasteiger partial charge < -0.3 is 10.2 Å². The highest BCUT2D eigenvalue weighted by atomic mass is 16.5. The van der Waals surface area contributed by atoms with Crippen molar-refractivity contribution in [2.75, 3.05) is 0 Å². The average molecular weight is 256 g/mol. The highest BCUT2D eigenvalue weighted by Crippen LogP contribution is 2.34. The Bertz CT molecular complexity index is 493. The van der Waals surface area contributed by atoms with Crippen LogP contribution in [0.2, 0.25) is 0 Å². The van der Waals surface area contributed by atoms with Crippen LogP contribution in [-0.2, 0) is 5.41 Å². The molecule has 0 aromatic heterocycles. The van der Waals surface area contributed by atoms with Crippen LogP contribution in [0.15, 0.2) is 48.5 Å². The minimum atomic E-state index is -1.45. The molecule has 0 aliphatic rings. The third kappa shape index (κ3) is 2.55. The minimum absolute atomic E-state index is 0.818. The molecule has 19 heavy (non-hydrogen) atoms. The Hall–Kier alpha value is -1.64. The van der Waals surface area contributed by atoms with Crippen LogP contribution >= 0.6 is 0 Å². The Balaban J connectivity index is 2.54. The number of aliphatic hydroxyl groups excluding tert-OH is 1. The second-order valence-corrected chi connectivity index (χ2v) is 5.31. The predicted octanol–water partition coefficient (Wildman–Crippen LogP) is 2.92. The first-order valence-corrected chi connectivity index (χ1v) is 6.45. The maximum absolute atomic E-state index is 9.87. The fourth-order valence-corrected chi connectivity index (χ4v) is 2.26. The largest absolute Gasteiger partial charge is 0.367 e. The lowest BCUT2D eigenvalue weighted by Crippen LogP contribution is -2.37. The van der Waals surface area contributed by atoms with Gasteiger partial charge in [0.1, 0.15) is 0 Å². The number of rotatable bonds is 3. The number of benzene rings is 2. The summed E-state index contributed by atoms with van der Waals surface area (Å²) in [6.45, 7) is 5.89. The van der Waals surface area contributed by atoms with Gasteiger partial charge in [-0.05, 0) is 31.9 Å². The van der Waals surface area contributed by atoms with E-state index in [1.54, 1.807) is 0 Å². The first-order valence-electron chi connectivity index (χ1n) is 6.45. The Kier molecular flexibility index (Phi) is 3.74. The van der Waals surface area contributed by atoms with E-state index in [2.05, 4.69) is 0 Å². The summed E-state index contributed by atoms with van der Waals surface area (Å²) in [5.74, 6) is 0. The van der Waals surface area contributed by atoms with Crippen molar-refractivity contribution in [2.45, 2.75) is 32.5 Å². The zero-order valence-corrected chi connectivity index (χ0v) is 11.6. The molecule has 2 nitrogen and oxygen atoms in total. The van der Waals surface area contributed by atoms with Crippen molar-refractivity contribution in [3.63, 3.8) is 0 Å². The molecule has 2 heteroatoms. The molecule has 0 aliphatic carbocycles. The van der Waals surface area contributed by atoms with Crippen molar-refractivity contribution in [3.05, 3.63) is 70.8 Å². The Morgan fingerprint density at radius 1 is 0.737 bits per heavy atom. The van der Waals surface area contributed by atoms with Gasteiger partial charge in [-0.2, -0.15) is 0 Å². The normalized spacial score (nSPS) is 11.9. The maximum Gasteiger partial charge on any atom is 0.165 e. The van der Waals surface area contributed by atoms with Gasteiger partial charge in [-0.15, -0.1) is 0 Å². The lowest BCUT2D eigenvalue weighted by Gasteiger charge is -2.33. The molecule has 0 fully saturated rings. The molecule has 0 amide bonds. The average Bonchev–Trinajstić information content (AvgIpc) is 2.39. The minimum Gasteiger partial charge on any atom is -0.367 e. The zero-order valence-electron chi connectivity index (χ0n) is 11.6. The molecular formula is C17H20O2. The molecule has 2 N–H and O–H groups in total. The highest BCUT2D eigenvalue weighted by molar-refractivity contribution is 5.41. The molecule has 2 aromatic carbocycles. The van der Waals surface area contributed by atoms with E-state index in [9.17, 15) is 10.2 Å². The second kappa shape index (κ2) is 5.16. The Labute approximate surface area is 114 Å². The Morgan fingerprint density at radius 3 is 1.32 bits per heavy atom. The smallest absolute Gasteiger partial charge is 0.165 e. The van der Waals surface area contributed by atoms with Gasteiger partial charge in [-0.3, -0.25) is 0 Å². The predicted molar refractivity (Wildman–Crippen MR) is 77.0 cm³/mol. The summed E-state index contributed by atoms with van der Waals surface area (Å²) in [5, 5.41) is 19.7. The van der Waals surface area contributed by atoms with Crippen molar-refractivity contribution in [3.8, 4) is 0 Å². The number of hydrogen-bond donors (Lipinski definition) is 2. The molecule has 0 radical (unpaired) electrons. The van der Waals surface area contributed by atoms with E-state index >= 15 is 0 Å². The first kappa shape index (κ1) is 13.8. The van der Waals surface area contributed by atoms with Crippen LogP contribution in [0.4, 0.5) is 0 Å². The monoisotopic (exact) mass is 256 g/mol. The van der Waals surface area contributed by atoms with Gasteiger partial charge in [0.2, 0.25) is 0 Å². The quantitative estimate of drug-likeness (QED) is 0.829. The standard InChI is InChI=1S/C17H20O2/c1-12-4-8-14(9-5-12)17(3,16(18)19)15-10-6-13(2)7-11-15/h4-11,16,18-19H,1-3H3. The topological polar surface area (TPSA) is 40.5 Å². The summed E-state index contributed by atoms with van der Waals surface area (Å²) >= 11 is 0. The molecule has 2 aromatic rings. The van der Waals surface area contributed by atoms with Crippen molar-refractivity contribution in [1.29, 1.82) is 0 Å². The summed E-state index contributed by atoms with van der Waals surface area (Å²) in [4.78, 5) is 0. The van der Waals surface area contributed by atoms with Gasteiger partial charge >= 0.3 is 0 Å². The second-order valence-electron chi connectivity index (χ2n) is 5.31. The van der Waals surface area contributed by atoms with Crippen molar-refractivity contribution in [1.82, 2.24) is 0 Å². The third-order valence-electron chi connectivity index (χ3n) is 3.82. The van der Waals surface area contributed by atoms with Crippen LogP contribution in [0.25, 0.3) is 0 Å². The van der Waals surface area contributed by atoms with E-state index in [0.717, 1.165) is 22.3 Å². The fraction of sp³-hybridized carbons (Fsp3) is 0.294. The highest BCUT2D eigenvalue weighted by Gasteiger charge is 2.35. The lowest BCUT2D eigenvalue weighted by molar-refractivity contribution is -0.0820. The van der Waals surface area contributed by atoms with E-state index in [1.165, 1.54) is 0 Å². The molecule has 2 rings (SSSR count). The van der Waals surface area contributed by atoms with Crippen molar-refractivity contribution < 1.29 is 10.2 Å². The number of hydrogen-bond acceptors (Lipinski definition) is 2. The van der Waals surface area contributed by atoms with Crippen molar-refractivity contribution >= 4 is 0 Å². The molecule has 100 valence electrons. The van der Waals surface area contributed by atoms with Gasteiger partial charge in [0.05, 0.1) is 5.41 Å². The molecule has 0 spiro atoms. The summed E-state index contributed by atoms with van der Waals surface area (Å²) in [6, 6.07) is 15.8. The third-order valence-corrected chi connectivity index (χ3v) is 3.82. The van der Waals surface area contributed by atoms with Crippen LogP contribution in [0.3, 0.4) is 0 Å². The van der Waals surface area contributed by atoms with Gasteiger partial charge in [0.25, 0.3) is 0 Å². The van der Waals surface area contributed by atoms with Crippen LogP contribution in [0, 0.1) is 13.8 Å². The molecule has 0 heterocycles. The van der Waals surface area contributed by atoms with Crippen LogP contribution in [-0.4, -0.2) is 16.5 Å². The number of aliphatic hydroxyl groups is 2. The zero-order chi connectivity index (χ0) is 14.0. The van der Waals surface area contributed by atoms with Crippen LogP contribution in [0.1, 0.15) is 29.2 Å². The van der Waals surface area contributed by atoms with E-state index in [4.69, 9.17) is 0 Å². The SMILES string of the molecule is Cc1ccc(C(C)(c2ccc(C)cc2)C(O)O)cc1. The summed E-state index contributed by atoms with van der Waals surface area (Å²) < 4.78 is 0. The van der Waals surface area contributed by atoms with Crippen molar-refractivity contribution in [2.24, 2.45) is 0 Å². The van der Waals surface area contributed by atoms with E-state index < -0.39 is 11.7 Å². The Morgan fingerprint density at radius 2 is 1.05 bits per heavy atom. The van der Waals surface area contributed by atoms with Gasteiger partial charge in [0, 0.05) is 0 Å². The van der Waals surface area contributed by atoms with E-state index in [0.29, 0.717) is 0 Å². The van der Waals surface area contributed by atoms with E-state index in [1.807, 2.05) is 69.3 Å². The molecule has 0 unspecified atom stereocenters. The number of aryl methyl sites for hydroxylation is 2. The molecule has 0 atom stereocenters. The maximum atomic E-state index is 9.87. The van der Waals surface area contributed by atoms with Gasteiger partial charge in [0.15, 0.2) is 6.29 Å². The molecule has 0 saturated heterocycles. The molecule has 0 saturated carbocycles. The molecular weight excluding hydrogens is 236 g/mol. The molecule has 0 bridgehead atoms. The van der Waals surface area contributed by atoms with Crippen LogP contribution < -0.4 is 0 Å². The van der Waals surface area contributed by atoms with Gasteiger partial charge in [-0.1, -0.05) is 59.7 Å². The van der Waals surface area contributed by atoms with Gasteiger partial charge in [-0.25, -0.2) is 0 Å². The van der Waals surface area contributed by atoms with Crippen LogP contribution in [0.5, 0.6) is 0 Å². The summed E-state index contributed by atoms with van der Waals surface area (Å²) in [7, 11) is 0. The lowest BCUT2D eigenvalue weighted by atomic mass is 9.75. The first-order chi connectivity index (χ1) is 8.94. The van der Waals surface area contributed by atoms with E-state index in [-0.39, 0.29) is 0 Å². The molecule has 0 aliphatic heterocycles. The fourth-order valence-electron chi connectivity index (χ4n) is 2.26. The summed E-state index contributed by atoms with van der Waals surface area (Å²) in [6.07, 6.45) is -1.45.